The Balaban J connectivity index is 2.22. The third kappa shape index (κ3) is 3.30. The third-order valence-electron chi connectivity index (χ3n) is 3.58. The van der Waals surface area contributed by atoms with Gasteiger partial charge in [0.25, 0.3) is 0 Å². The van der Waals surface area contributed by atoms with E-state index >= 15 is 0 Å². The first-order valence-electron chi connectivity index (χ1n) is 6.29. The number of nitro groups is 1. The second kappa shape index (κ2) is 6.35. The molecule has 8 nitrogen and oxygen atoms in total. The van der Waals surface area contributed by atoms with E-state index in [4.69, 9.17) is 4.74 Å². The molecular formula is C12H14BrN3O5. The van der Waals surface area contributed by atoms with Crippen molar-refractivity contribution >= 4 is 33.3 Å². The van der Waals surface area contributed by atoms with Crippen molar-refractivity contribution in [1.82, 2.24) is 4.98 Å². The number of carbonyl (C=O) groups is 1. The molecule has 1 saturated heterocycles. The summed E-state index contributed by atoms with van der Waals surface area (Å²) in [6.07, 6.45) is 3.29. The van der Waals surface area contributed by atoms with Crippen LogP contribution in [0.25, 0.3) is 0 Å². The van der Waals surface area contributed by atoms with Gasteiger partial charge in [-0.1, -0.05) is 0 Å². The maximum Gasteiger partial charge on any atom is 0.311 e. The number of halogens is 1. The topological polar surface area (TPSA) is 115 Å². The summed E-state index contributed by atoms with van der Waals surface area (Å²) in [6.45, 7) is 0.830. The number of hydrogen-bond acceptors (Lipinski definition) is 6. The van der Waals surface area contributed by atoms with Crippen molar-refractivity contribution in [1.29, 1.82) is 0 Å². The zero-order chi connectivity index (χ0) is 15.5. The van der Waals surface area contributed by atoms with E-state index in [-0.39, 0.29) is 17.9 Å². The molecule has 0 radical (unpaired) electrons. The zero-order valence-electron chi connectivity index (χ0n) is 11.0. The molecule has 0 unspecified atom stereocenters. The molecule has 1 aromatic rings. The number of carboxylic acid groups (broad SMARTS) is 1. The molecule has 0 saturated carbocycles. The van der Waals surface area contributed by atoms with Gasteiger partial charge in [-0.2, -0.15) is 0 Å². The minimum absolute atomic E-state index is 0.0924. The largest absolute Gasteiger partial charge is 0.481 e. The Morgan fingerprint density at radius 2 is 2.19 bits per heavy atom. The molecule has 2 heterocycles. The van der Waals surface area contributed by atoms with Crippen LogP contribution < -0.4 is 5.32 Å². The van der Waals surface area contributed by atoms with Crippen molar-refractivity contribution in [3.05, 3.63) is 27.0 Å². The Morgan fingerprint density at radius 1 is 1.52 bits per heavy atom. The maximum absolute atomic E-state index is 11.5. The summed E-state index contributed by atoms with van der Waals surface area (Å²) in [5.41, 5.74) is -0.937. The van der Waals surface area contributed by atoms with Crippen LogP contribution in [0, 0.1) is 15.5 Å². The van der Waals surface area contributed by atoms with Gasteiger partial charge < -0.3 is 15.2 Å². The van der Waals surface area contributed by atoms with Crippen molar-refractivity contribution in [2.24, 2.45) is 5.41 Å². The molecule has 114 valence electrons. The van der Waals surface area contributed by atoms with E-state index in [1.54, 1.807) is 0 Å². The van der Waals surface area contributed by atoms with Crippen LogP contribution >= 0.6 is 15.9 Å². The first-order chi connectivity index (χ1) is 9.96. The fraction of sp³-hybridized carbons (Fsp3) is 0.500. The van der Waals surface area contributed by atoms with Crippen molar-refractivity contribution in [3.8, 4) is 0 Å². The number of anilines is 1. The van der Waals surface area contributed by atoms with E-state index in [9.17, 15) is 20.0 Å². The Labute approximate surface area is 128 Å². The van der Waals surface area contributed by atoms with Crippen LogP contribution in [0.5, 0.6) is 0 Å². The van der Waals surface area contributed by atoms with Gasteiger partial charge in [-0.3, -0.25) is 19.9 Å². The molecule has 0 spiro atoms. The highest BCUT2D eigenvalue weighted by Crippen LogP contribution is 2.35. The molecule has 2 N–H and O–H groups in total. The van der Waals surface area contributed by atoms with Gasteiger partial charge in [0.05, 0.1) is 14.8 Å². The van der Waals surface area contributed by atoms with Crippen LogP contribution in [0.2, 0.25) is 0 Å². The van der Waals surface area contributed by atoms with E-state index in [1.807, 2.05) is 0 Å². The number of nitrogens with zero attached hydrogens (tertiary/aromatic N) is 2. The van der Waals surface area contributed by atoms with Crippen molar-refractivity contribution in [2.45, 2.75) is 12.8 Å². The lowest BCUT2D eigenvalue weighted by Gasteiger charge is -2.33. The van der Waals surface area contributed by atoms with Crippen LogP contribution in [-0.2, 0) is 9.53 Å². The summed E-state index contributed by atoms with van der Waals surface area (Å²) >= 11 is 3.19. The van der Waals surface area contributed by atoms with E-state index in [0.29, 0.717) is 30.5 Å². The summed E-state index contributed by atoms with van der Waals surface area (Å²) in [4.78, 5) is 25.7. The van der Waals surface area contributed by atoms with Crippen LogP contribution in [0.4, 0.5) is 11.4 Å². The standard InChI is InChI=1S/C12H14BrN3O5/c13-8-5-14-6-9(16(19)20)10(8)15-7-12(11(17)18)1-3-21-4-2-12/h5-6H,1-4,7H2,(H,14,15)(H,17,18). The summed E-state index contributed by atoms with van der Waals surface area (Å²) in [5.74, 6) is -0.925. The Morgan fingerprint density at radius 3 is 2.76 bits per heavy atom. The highest BCUT2D eigenvalue weighted by molar-refractivity contribution is 9.10. The van der Waals surface area contributed by atoms with Crippen molar-refractivity contribution in [3.63, 3.8) is 0 Å². The van der Waals surface area contributed by atoms with Crippen molar-refractivity contribution < 1.29 is 19.6 Å². The van der Waals surface area contributed by atoms with Gasteiger partial charge in [-0.25, -0.2) is 0 Å². The average Bonchev–Trinajstić information content (AvgIpc) is 2.46. The number of nitrogens with one attached hydrogen (secondary N) is 1. The fourth-order valence-corrected chi connectivity index (χ4v) is 2.69. The number of ether oxygens (including phenoxy) is 1. The molecule has 1 aromatic heterocycles. The molecule has 21 heavy (non-hydrogen) atoms. The maximum atomic E-state index is 11.5. The van der Waals surface area contributed by atoms with Gasteiger partial charge >= 0.3 is 11.7 Å². The normalized spacial score (nSPS) is 17.2. The van der Waals surface area contributed by atoms with E-state index < -0.39 is 16.3 Å². The zero-order valence-corrected chi connectivity index (χ0v) is 12.6. The average molecular weight is 360 g/mol. The predicted molar refractivity (Wildman–Crippen MR) is 77.2 cm³/mol. The summed E-state index contributed by atoms with van der Waals surface area (Å²) in [5, 5.41) is 23.4. The molecular weight excluding hydrogens is 346 g/mol. The Bertz CT molecular complexity index is 560. The van der Waals surface area contributed by atoms with E-state index in [1.165, 1.54) is 6.20 Å². The van der Waals surface area contributed by atoms with E-state index in [2.05, 4.69) is 26.2 Å². The summed E-state index contributed by atoms with van der Waals surface area (Å²) in [6, 6.07) is 0. The monoisotopic (exact) mass is 359 g/mol. The van der Waals surface area contributed by atoms with Gasteiger partial charge in [-0.15, -0.1) is 0 Å². The quantitative estimate of drug-likeness (QED) is 0.610. The Kier molecular flexibility index (Phi) is 4.73. The minimum atomic E-state index is -0.977. The Hall–Kier alpha value is -1.74. The highest BCUT2D eigenvalue weighted by Gasteiger charge is 2.40. The molecule has 0 aliphatic carbocycles. The molecule has 0 atom stereocenters. The number of aliphatic carboxylic acids is 1. The highest BCUT2D eigenvalue weighted by atomic mass is 79.9. The summed E-state index contributed by atoms with van der Waals surface area (Å²) < 4.78 is 5.61. The molecule has 0 amide bonds. The number of hydrogen-bond donors (Lipinski definition) is 2. The van der Waals surface area contributed by atoms with Crippen LogP contribution in [-0.4, -0.2) is 40.7 Å². The van der Waals surface area contributed by atoms with Crippen LogP contribution in [0.3, 0.4) is 0 Å². The summed E-state index contributed by atoms with van der Waals surface area (Å²) in [7, 11) is 0. The molecule has 2 rings (SSSR count). The first kappa shape index (κ1) is 15.6. The SMILES string of the molecule is O=C(O)C1(CNc2c(Br)cncc2[N+](=O)[O-])CCOCC1. The number of pyridine rings is 1. The minimum Gasteiger partial charge on any atom is -0.481 e. The van der Waals surface area contributed by atoms with Crippen molar-refractivity contribution in [2.75, 3.05) is 25.1 Å². The molecule has 1 fully saturated rings. The van der Waals surface area contributed by atoms with Gasteiger partial charge in [0.1, 0.15) is 11.9 Å². The fourth-order valence-electron chi connectivity index (χ4n) is 2.22. The molecule has 9 heteroatoms. The lowest BCUT2D eigenvalue weighted by atomic mass is 9.80. The second-order valence-electron chi connectivity index (χ2n) is 4.82. The number of carboxylic acids is 1. The molecule has 1 aliphatic rings. The lowest BCUT2D eigenvalue weighted by molar-refractivity contribution is -0.384. The second-order valence-corrected chi connectivity index (χ2v) is 5.68. The van der Waals surface area contributed by atoms with Gasteiger partial charge in [0.2, 0.25) is 0 Å². The van der Waals surface area contributed by atoms with Gasteiger partial charge in [-0.05, 0) is 28.8 Å². The first-order valence-corrected chi connectivity index (χ1v) is 7.08. The number of rotatable bonds is 5. The van der Waals surface area contributed by atoms with Crippen LogP contribution in [0.1, 0.15) is 12.8 Å². The molecule has 0 bridgehead atoms. The van der Waals surface area contributed by atoms with Gasteiger partial charge in [0.15, 0.2) is 0 Å². The molecule has 0 aromatic carbocycles. The van der Waals surface area contributed by atoms with Crippen LogP contribution in [0.15, 0.2) is 16.9 Å². The number of aromatic nitrogens is 1. The lowest BCUT2D eigenvalue weighted by Crippen LogP contribution is -2.42. The predicted octanol–water partition coefficient (Wildman–Crippen LogP) is 2.05. The van der Waals surface area contributed by atoms with E-state index in [0.717, 1.165) is 6.20 Å². The molecule has 1 aliphatic heterocycles. The third-order valence-corrected chi connectivity index (χ3v) is 4.18. The van der Waals surface area contributed by atoms with Gasteiger partial charge in [0, 0.05) is 26.0 Å². The smallest absolute Gasteiger partial charge is 0.311 e.